The van der Waals surface area contributed by atoms with Gasteiger partial charge in [0.1, 0.15) is 0 Å². The molecule has 0 aliphatic rings. The van der Waals surface area contributed by atoms with E-state index in [2.05, 4.69) is 20.7 Å². The zero-order valence-electron chi connectivity index (χ0n) is 10.6. The van der Waals surface area contributed by atoms with Crippen LogP contribution in [0.3, 0.4) is 0 Å². The van der Waals surface area contributed by atoms with Crippen molar-refractivity contribution in [1.82, 2.24) is 0 Å². The van der Waals surface area contributed by atoms with E-state index in [9.17, 15) is 8.42 Å². The number of hydrogen-bond acceptors (Lipinski definition) is 2. The number of nitrogens with one attached hydrogen (secondary N) is 1. The molecule has 0 bridgehead atoms. The fourth-order valence-electron chi connectivity index (χ4n) is 1.73. The van der Waals surface area contributed by atoms with Crippen molar-refractivity contribution >= 4 is 31.6 Å². The van der Waals surface area contributed by atoms with Gasteiger partial charge in [0, 0.05) is 4.47 Å². The maximum absolute atomic E-state index is 12.3. The van der Waals surface area contributed by atoms with Crippen molar-refractivity contribution in [2.45, 2.75) is 18.7 Å². The van der Waals surface area contributed by atoms with E-state index in [4.69, 9.17) is 0 Å². The quantitative estimate of drug-likeness (QED) is 0.922. The Labute approximate surface area is 121 Å². The van der Waals surface area contributed by atoms with Gasteiger partial charge in [0.15, 0.2) is 0 Å². The van der Waals surface area contributed by atoms with Gasteiger partial charge in [-0.25, -0.2) is 8.42 Å². The average Bonchev–Trinajstić information content (AvgIpc) is 2.33. The van der Waals surface area contributed by atoms with Crippen molar-refractivity contribution in [1.29, 1.82) is 0 Å². The van der Waals surface area contributed by atoms with Crippen LogP contribution in [0.1, 0.15) is 11.1 Å². The molecular weight excluding hydrogens is 326 g/mol. The van der Waals surface area contributed by atoms with Gasteiger partial charge in [-0.1, -0.05) is 28.1 Å². The van der Waals surface area contributed by atoms with Crippen molar-refractivity contribution < 1.29 is 8.42 Å². The summed E-state index contributed by atoms with van der Waals surface area (Å²) in [7, 11) is -3.54. The monoisotopic (exact) mass is 339 g/mol. The molecule has 19 heavy (non-hydrogen) atoms. The molecule has 1 N–H and O–H groups in total. The highest BCUT2D eigenvalue weighted by molar-refractivity contribution is 9.10. The van der Waals surface area contributed by atoms with Crippen LogP contribution < -0.4 is 4.72 Å². The highest BCUT2D eigenvalue weighted by Gasteiger charge is 2.15. The topological polar surface area (TPSA) is 46.2 Å². The lowest BCUT2D eigenvalue weighted by atomic mass is 10.2. The fraction of sp³-hybridized carbons (Fsp3) is 0.143. The number of halogens is 1. The van der Waals surface area contributed by atoms with Crippen molar-refractivity contribution in [3.8, 4) is 0 Å². The molecule has 0 atom stereocenters. The van der Waals surface area contributed by atoms with Crippen LogP contribution in [0.2, 0.25) is 0 Å². The van der Waals surface area contributed by atoms with E-state index in [1.54, 1.807) is 30.3 Å². The molecule has 100 valence electrons. The fourth-order valence-corrected chi connectivity index (χ4v) is 3.44. The highest BCUT2D eigenvalue weighted by atomic mass is 79.9. The van der Waals surface area contributed by atoms with E-state index >= 15 is 0 Å². The summed E-state index contributed by atoms with van der Waals surface area (Å²) in [6.07, 6.45) is 0. The van der Waals surface area contributed by atoms with Crippen molar-refractivity contribution in [3.05, 3.63) is 58.1 Å². The number of rotatable bonds is 3. The molecule has 0 radical (unpaired) electrons. The zero-order valence-corrected chi connectivity index (χ0v) is 13.0. The summed E-state index contributed by atoms with van der Waals surface area (Å²) in [5, 5.41) is 0. The third kappa shape index (κ3) is 3.36. The van der Waals surface area contributed by atoms with Crippen LogP contribution in [-0.4, -0.2) is 8.42 Å². The molecule has 0 heterocycles. The first-order chi connectivity index (χ1) is 8.88. The molecule has 0 aliphatic heterocycles. The Morgan fingerprint density at radius 1 is 1.05 bits per heavy atom. The molecule has 2 rings (SSSR count). The zero-order chi connectivity index (χ0) is 14.0. The second kappa shape index (κ2) is 5.35. The minimum atomic E-state index is -3.54. The van der Waals surface area contributed by atoms with Crippen molar-refractivity contribution in [2.24, 2.45) is 0 Å². The van der Waals surface area contributed by atoms with Gasteiger partial charge < -0.3 is 0 Å². The Morgan fingerprint density at radius 2 is 1.79 bits per heavy atom. The SMILES string of the molecule is Cc1cccc(S(=O)(=O)Nc2ccc(Br)cc2C)c1. The lowest BCUT2D eigenvalue weighted by Crippen LogP contribution is -2.13. The Kier molecular flexibility index (Phi) is 3.96. The Hall–Kier alpha value is -1.33. The third-order valence-corrected chi connectivity index (χ3v) is 4.59. The molecule has 0 fully saturated rings. The molecule has 3 nitrogen and oxygen atoms in total. The molecule has 2 aromatic rings. The lowest BCUT2D eigenvalue weighted by Gasteiger charge is -2.11. The standard InChI is InChI=1S/C14H14BrNO2S/c1-10-4-3-5-13(8-10)19(17,18)16-14-7-6-12(15)9-11(14)2/h3-9,16H,1-2H3. The number of sulfonamides is 1. The molecule has 0 saturated heterocycles. The van der Waals surface area contributed by atoms with Crippen LogP contribution in [0.4, 0.5) is 5.69 Å². The minimum Gasteiger partial charge on any atom is -0.279 e. The number of aryl methyl sites for hydroxylation is 2. The summed E-state index contributed by atoms with van der Waals surface area (Å²) >= 11 is 3.35. The number of anilines is 1. The first kappa shape index (κ1) is 14.1. The molecule has 0 aliphatic carbocycles. The number of hydrogen-bond donors (Lipinski definition) is 1. The Balaban J connectivity index is 2.36. The van der Waals surface area contributed by atoms with Gasteiger partial charge >= 0.3 is 0 Å². The van der Waals surface area contributed by atoms with Crippen LogP contribution in [0.5, 0.6) is 0 Å². The molecule has 5 heteroatoms. The smallest absolute Gasteiger partial charge is 0.261 e. The first-order valence-corrected chi connectivity index (χ1v) is 8.02. The van der Waals surface area contributed by atoms with E-state index in [0.29, 0.717) is 5.69 Å². The van der Waals surface area contributed by atoms with Crippen LogP contribution in [0, 0.1) is 13.8 Å². The Bertz CT molecular complexity index is 711. The molecule has 0 saturated carbocycles. The van der Waals surface area contributed by atoms with Gasteiger partial charge in [-0.3, -0.25) is 4.72 Å². The normalized spacial score (nSPS) is 11.3. The van der Waals surface area contributed by atoms with Gasteiger partial charge in [0.2, 0.25) is 0 Å². The minimum absolute atomic E-state index is 0.273. The highest BCUT2D eigenvalue weighted by Crippen LogP contribution is 2.23. The molecular formula is C14H14BrNO2S. The van der Waals surface area contributed by atoms with E-state index < -0.39 is 10.0 Å². The van der Waals surface area contributed by atoms with Gasteiger partial charge in [-0.15, -0.1) is 0 Å². The van der Waals surface area contributed by atoms with Crippen LogP contribution in [-0.2, 0) is 10.0 Å². The molecule has 0 unspecified atom stereocenters. The summed E-state index contributed by atoms with van der Waals surface area (Å²) in [4.78, 5) is 0.273. The van der Waals surface area contributed by atoms with Gasteiger partial charge in [-0.2, -0.15) is 0 Å². The maximum atomic E-state index is 12.3. The molecule has 0 aromatic heterocycles. The average molecular weight is 340 g/mol. The summed E-state index contributed by atoms with van der Waals surface area (Å²) in [5.41, 5.74) is 2.37. The van der Waals surface area contributed by atoms with E-state index in [1.807, 2.05) is 26.0 Å². The van der Waals surface area contributed by atoms with Gasteiger partial charge in [-0.05, 0) is 55.3 Å². The van der Waals surface area contributed by atoms with E-state index in [1.165, 1.54) is 0 Å². The first-order valence-electron chi connectivity index (χ1n) is 5.74. The largest absolute Gasteiger partial charge is 0.279 e. The van der Waals surface area contributed by atoms with Crippen LogP contribution >= 0.6 is 15.9 Å². The molecule has 0 spiro atoms. The predicted molar refractivity (Wildman–Crippen MR) is 80.9 cm³/mol. The van der Waals surface area contributed by atoms with E-state index in [0.717, 1.165) is 15.6 Å². The third-order valence-electron chi connectivity index (χ3n) is 2.73. The summed E-state index contributed by atoms with van der Waals surface area (Å²) in [6, 6.07) is 12.3. The molecule has 0 amide bonds. The van der Waals surface area contributed by atoms with Gasteiger partial charge in [0.05, 0.1) is 10.6 Å². The summed E-state index contributed by atoms with van der Waals surface area (Å²) in [6.45, 7) is 3.72. The molecule has 2 aromatic carbocycles. The van der Waals surface area contributed by atoms with Gasteiger partial charge in [0.25, 0.3) is 10.0 Å². The van der Waals surface area contributed by atoms with Crippen LogP contribution in [0.25, 0.3) is 0 Å². The second-order valence-corrected chi connectivity index (χ2v) is 6.98. The van der Waals surface area contributed by atoms with Crippen molar-refractivity contribution in [3.63, 3.8) is 0 Å². The van der Waals surface area contributed by atoms with Crippen molar-refractivity contribution in [2.75, 3.05) is 4.72 Å². The number of benzene rings is 2. The predicted octanol–water partition coefficient (Wildman–Crippen LogP) is 3.87. The van der Waals surface area contributed by atoms with Crippen LogP contribution in [0.15, 0.2) is 51.8 Å². The second-order valence-electron chi connectivity index (χ2n) is 4.38. The summed E-state index contributed by atoms with van der Waals surface area (Å²) in [5.74, 6) is 0. The van der Waals surface area contributed by atoms with E-state index in [-0.39, 0.29) is 4.90 Å². The Morgan fingerprint density at radius 3 is 2.42 bits per heavy atom. The maximum Gasteiger partial charge on any atom is 0.261 e. The summed E-state index contributed by atoms with van der Waals surface area (Å²) < 4.78 is 28.1. The lowest BCUT2D eigenvalue weighted by molar-refractivity contribution is 0.601.